The summed E-state index contributed by atoms with van der Waals surface area (Å²) in [6.07, 6.45) is 4.86. The summed E-state index contributed by atoms with van der Waals surface area (Å²) in [5.74, 6) is 5.79. The minimum atomic E-state index is -0.228. The van der Waals surface area contributed by atoms with Crippen molar-refractivity contribution in [3.8, 4) is 11.8 Å². The maximum Gasteiger partial charge on any atom is 0.252 e. The second-order valence-electron chi connectivity index (χ2n) is 3.81. The number of pyridine rings is 1. The van der Waals surface area contributed by atoms with Gasteiger partial charge in [-0.25, -0.2) is 0 Å². The van der Waals surface area contributed by atoms with Gasteiger partial charge in [0.25, 0.3) is 5.91 Å². The van der Waals surface area contributed by atoms with E-state index in [-0.39, 0.29) is 12.5 Å². The fourth-order valence-electron chi connectivity index (χ4n) is 1.48. The Kier molecular flexibility index (Phi) is 4.81. The standard InChI is InChI=1S/C13H13N5O2/c14-4-1-2-10-6-11(8-15-7-10)13(19)16-5-3-12-17-9-18-20-12/h6-9H,3-5,14H2,(H,16,19). The molecule has 2 heterocycles. The van der Waals surface area contributed by atoms with E-state index in [0.717, 1.165) is 0 Å². The summed E-state index contributed by atoms with van der Waals surface area (Å²) in [5.41, 5.74) is 6.39. The van der Waals surface area contributed by atoms with Crippen molar-refractivity contribution in [3.05, 3.63) is 41.8 Å². The van der Waals surface area contributed by atoms with Gasteiger partial charge in [-0.1, -0.05) is 17.0 Å². The summed E-state index contributed by atoms with van der Waals surface area (Å²) in [6, 6.07) is 1.66. The smallest absolute Gasteiger partial charge is 0.252 e. The maximum atomic E-state index is 11.9. The molecule has 0 aliphatic heterocycles. The van der Waals surface area contributed by atoms with Crippen molar-refractivity contribution in [2.45, 2.75) is 6.42 Å². The Bertz CT molecular complexity index is 628. The van der Waals surface area contributed by atoms with Gasteiger partial charge in [0.05, 0.1) is 12.1 Å². The van der Waals surface area contributed by atoms with Gasteiger partial charge in [-0.2, -0.15) is 4.98 Å². The van der Waals surface area contributed by atoms with Crippen LogP contribution in [0.25, 0.3) is 0 Å². The lowest BCUT2D eigenvalue weighted by atomic mass is 10.2. The number of carbonyl (C=O) groups excluding carboxylic acids is 1. The topological polar surface area (TPSA) is 107 Å². The van der Waals surface area contributed by atoms with Crippen LogP contribution in [-0.2, 0) is 6.42 Å². The van der Waals surface area contributed by atoms with Crippen LogP contribution in [-0.4, -0.2) is 34.1 Å². The molecule has 0 unspecified atom stereocenters. The lowest BCUT2D eigenvalue weighted by molar-refractivity contribution is 0.0953. The first-order chi connectivity index (χ1) is 9.79. The molecule has 0 saturated heterocycles. The van der Waals surface area contributed by atoms with Crippen LogP contribution < -0.4 is 11.1 Å². The van der Waals surface area contributed by atoms with E-state index in [1.54, 1.807) is 12.3 Å². The summed E-state index contributed by atoms with van der Waals surface area (Å²) in [5, 5.41) is 6.22. The average Bonchev–Trinajstić information content (AvgIpc) is 2.98. The molecule has 3 N–H and O–H groups in total. The molecule has 0 saturated carbocycles. The number of rotatable bonds is 4. The number of hydrogen-bond donors (Lipinski definition) is 2. The SMILES string of the molecule is NCC#Cc1cncc(C(=O)NCCc2ncno2)c1. The predicted molar refractivity (Wildman–Crippen MR) is 70.5 cm³/mol. The summed E-state index contributed by atoms with van der Waals surface area (Å²) in [4.78, 5) is 19.7. The summed E-state index contributed by atoms with van der Waals surface area (Å²) < 4.78 is 4.83. The van der Waals surface area contributed by atoms with Crippen LogP contribution in [0.15, 0.2) is 29.3 Å². The Labute approximate surface area is 115 Å². The number of amides is 1. The molecule has 0 spiro atoms. The third kappa shape index (κ3) is 3.90. The van der Waals surface area contributed by atoms with Gasteiger partial charge in [0.1, 0.15) is 0 Å². The molecule has 1 amide bonds. The predicted octanol–water partition coefficient (Wildman–Crippen LogP) is -0.253. The summed E-state index contributed by atoms with van der Waals surface area (Å²) in [7, 11) is 0. The van der Waals surface area contributed by atoms with Gasteiger partial charge in [-0.15, -0.1) is 0 Å². The number of nitrogens with zero attached hydrogens (tertiary/aromatic N) is 3. The van der Waals surface area contributed by atoms with Gasteiger partial charge in [0.2, 0.25) is 5.89 Å². The van der Waals surface area contributed by atoms with E-state index in [2.05, 4.69) is 32.3 Å². The zero-order valence-electron chi connectivity index (χ0n) is 10.7. The maximum absolute atomic E-state index is 11.9. The molecule has 0 bridgehead atoms. The van der Waals surface area contributed by atoms with Gasteiger partial charge >= 0.3 is 0 Å². The van der Waals surface area contributed by atoms with E-state index >= 15 is 0 Å². The number of carbonyl (C=O) groups is 1. The van der Waals surface area contributed by atoms with Gasteiger partial charge < -0.3 is 15.6 Å². The highest BCUT2D eigenvalue weighted by Crippen LogP contribution is 2.01. The first-order valence-electron chi connectivity index (χ1n) is 5.97. The van der Waals surface area contributed by atoms with E-state index in [4.69, 9.17) is 10.3 Å². The van der Waals surface area contributed by atoms with E-state index in [1.165, 1.54) is 12.5 Å². The molecule has 2 aromatic rings. The van der Waals surface area contributed by atoms with Crippen molar-refractivity contribution in [2.24, 2.45) is 5.73 Å². The fraction of sp³-hybridized carbons (Fsp3) is 0.231. The van der Waals surface area contributed by atoms with Gasteiger partial charge in [-0.05, 0) is 6.07 Å². The molecule has 7 heteroatoms. The highest BCUT2D eigenvalue weighted by molar-refractivity contribution is 5.94. The van der Waals surface area contributed by atoms with Gasteiger partial charge in [0, 0.05) is 30.9 Å². The quantitative estimate of drug-likeness (QED) is 0.742. The van der Waals surface area contributed by atoms with Crippen molar-refractivity contribution >= 4 is 5.91 Å². The first kappa shape index (κ1) is 13.7. The van der Waals surface area contributed by atoms with Crippen LogP contribution in [0.5, 0.6) is 0 Å². The molecule has 0 atom stereocenters. The number of nitrogens with one attached hydrogen (secondary N) is 1. The molecule has 0 radical (unpaired) electrons. The normalized spacial score (nSPS) is 9.65. The van der Waals surface area contributed by atoms with E-state index < -0.39 is 0 Å². The lowest BCUT2D eigenvalue weighted by Gasteiger charge is -2.03. The molecule has 0 aliphatic rings. The number of nitrogens with two attached hydrogens (primary N) is 1. The molecule has 20 heavy (non-hydrogen) atoms. The van der Waals surface area contributed by atoms with Crippen molar-refractivity contribution in [2.75, 3.05) is 13.1 Å². The molecule has 2 rings (SSSR count). The molecule has 0 fully saturated rings. The zero-order chi connectivity index (χ0) is 14.2. The van der Waals surface area contributed by atoms with Crippen molar-refractivity contribution in [1.82, 2.24) is 20.4 Å². The third-order valence-electron chi connectivity index (χ3n) is 2.37. The minimum absolute atomic E-state index is 0.228. The fourth-order valence-corrected chi connectivity index (χ4v) is 1.48. The minimum Gasteiger partial charge on any atom is -0.351 e. The van der Waals surface area contributed by atoms with Crippen molar-refractivity contribution in [1.29, 1.82) is 0 Å². The van der Waals surface area contributed by atoms with Crippen LogP contribution in [0, 0.1) is 11.8 Å². The van der Waals surface area contributed by atoms with Crippen molar-refractivity contribution < 1.29 is 9.32 Å². The number of hydrogen-bond acceptors (Lipinski definition) is 6. The Hall–Kier alpha value is -2.72. The Morgan fingerprint density at radius 1 is 1.45 bits per heavy atom. The lowest BCUT2D eigenvalue weighted by Crippen LogP contribution is -2.25. The van der Waals surface area contributed by atoms with E-state index in [1.807, 2.05) is 0 Å². The van der Waals surface area contributed by atoms with E-state index in [0.29, 0.717) is 30.0 Å². The largest absolute Gasteiger partial charge is 0.351 e. The van der Waals surface area contributed by atoms with Crippen LogP contribution in [0.2, 0.25) is 0 Å². The summed E-state index contributed by atoms with van der Waals surface area (Å²) in [6.45, 7) is 0.667. The van der Waals surface area contributed by atoms with Crippen molar-refractivity contribution in [3.63, 3.8) is 0 Å². The Balaban J connectivity index is 1.91. The molecular formula is C13H13N5O2. The summed E-state index contributed by atoms with van der Waals surface area (Å²) >= 11 is 0. The molecule has 0 aromatic carbocycles. The second-order valence-corrected chi connectivity index (χ2v) is 3.81. The van der Waals surface area contributed by atoms with Gasteiger partial charge in [0.15, 0.2) is 6.33 Å². The molecular weight excluding hydrogens is 258 g/mol. The highest BCUT2D eigenvalue weighted by Gasteiger charge is 2.07. The van der Waals surface area contributed by atoms with E-state index in [9.17, 15) is 4.79 Å². The second kappa shape index (κ2) is 7.01. The Morgan fingerprint density at radius 2 is 2.35 bits per heavy atom. The first-order valence-corrected chi connectivity index (χ1v) is 5.97. The van der Waals surface area contributed by atoms with Gasteiger partial charge in [-0.3, -0.25) is 9.78 Å². The van der Waals surface area contributed by atoms with Crippen LogP contribution in [0.1, 0.15) is 21.8 Å². The molecule has 2 aromatic heterocycles. The van der Waals surface area contributed by atoms with Crippen LogP contribution >= 0.6 is 0 Å². The molecule has 0 aliphatic carbocycles. The third-order valence-corrected chi connectivity index (χ3v) is 2.37. The van der Waals surface area contributed by atoms with Crippen LogP contribution in [0.4, 0.5) is 0 Å². The average molecular weight is 271 g/mol. The van der Waals surface area contributed by atoms with Crippen LogP contribution in [0.3, 0.4) is 0 Å². The number of aromatic nitrogens is 3. The monoisotopic (exact) mass is 271 g/mol. The zero-order valence-corrected chi connectivity index (χ0v) is 10.7. The molecule has 7 nitrogen and oxygen atoms in total. The Morgan fingerprint density at radius 3 is 3.10 bits per heavy atom. The molecule has 102 valence electrons. The highest BCUT2D eigenvalue weighted by atomic mass is 16.5.